The molecule has 0 spiro atoms. The fourth-order valence-electron chi connectivity index (χ4n) is 10.1. The van der Waals surface area contributed by atoms with Crippen LogP contribution in [0.2, 0.25) is 0 Å². The zero-order chi connectivity index (χ0) is 52.6. The molecule has 0 amide bonds. The summed E-state index contributed by atoms with van der Waals surface area (Å²) in [4.78, 5) is 23.3. The molecule has 6 unspecified atom stereocenters. The first-order chi connectivity index (χ1) is 35.0. The maximum atomic E-state index is 12.9. The van der Waals surface area contributed by atoms with Gasteiger partial charge in [-0.2, -0.15) is 0 Å². The normalized spacial score (nSPS) is 20.5. The molecule has 13 heteroatoms. The first-order valence-corrected chi connectivity index (χ1v) is 32.4. The molecular formula is C59H117O12P. The summed E-state index contributed by atoms with van der Waals surface area (Å²) >= 11 is 0. The predicted octanol–water partition coefficient (Wildman–Crippen LogP) is 15.2. The molecule has 0 saturated heterocycles. The number of esters is 1. The molecule has 8 atom stereocenters. The number of phosphoric ester groups is 1. The highest BCUT2D eigenvalue weighted by Gasteiger charge is 2.51. The molecule has 0 aromatic heterocycles. The van der Waals surface area contributed by atoms with Gasteiger partial charge in [0.1, 0.15) is 42.7 Å². The van der Waals surface area contributed by atoms with Crippen molar-refractivity contribution in [3.8, 4) is 0 Å². The molecule has 6 N–H and O–H groups in total. The van der Waals surface area contributed by atoms with Gasteiger partial charge in [0.05, 0.1) is 13.2 Å². The van der Waals surface area contributed by atoms with E-state index >= 15 is 0 Å². The van der Waals surface area contributed by atoms with E-state index in [0.29, 0.717) is 13.0 Å². The second kappa shape index (κ2) is 49.9. The maximum absolute atomic E-state index is 12.9. The fourth-order valence-corrected chi connectivity index (χ4v) is 11.1. The van der Waals surface area contributed by atoms with Crippen LogP contribution < -0.4 is 0 Å². The average molecular weight is 1050 g/mol. The molecule has 1 aliphatic carbocycles. The molecule has 1 aliphatic rings. The Bertz CT molecular complexity index is 1200. The molecule has 1 fully saturated rings. The van der Waals surface area contributed by atoms with Crippen LogP contribution in [0.25, 0.3) is 0 Å². The number of phosphoric acid groups is 1. The van der Waals surface area contributed by atoms with Crippen molar-refractivity contribution in [1.82, 2.24) is 0 Å². The average Bonchev–Trinajstić information content (AvgIpc) is 3.37. The van der Waals surface area contributed by atoms with Crippen LogP contribution in [0.15, 0.2) is 0 Å². The van der Waals surface area contributed by atoms with Crippen molar-refractivity contribution in [2.24, 2.45) is 0 Å². The third-order valence-corrected chi connectivity index (χ3v) is 16.0. The monoisotopic (exact) mass is 1050 g/mol. The fraction of sp³-hybridized carbons (Fsp3) is 0.983. The van der Waals surface area contributed by atoms with Crippen LogP contribution in [-0.2, 0) is 27.9 Å². The van der Waals surface area contributed by atoms with Gasteiger partial charge in [-0.3, -0.25) is 13.8 Å². The Hall–Kier alpha value is -0.660. The van der Waals surface area contributed by atoms with Crippen molar-refractivity contribution in [3.63, 3.8) is 0 Å². The topological polar surface area (TPSA) is 192 Å². The van der Waals surface area contributed by atoms with Gasteiger partial charge < -0.3 is 39.9 Å². The first kappa shape index (κ1) is 69.4. The third-order valence-electron chi connectivity index (χ3n) is 15.0. The van der Waals surface area contributed by atoms with E-state index in [1.807, 2.05) is 0 Å². The molecule has 72 heavy (non-hydrogen) atoms. The molecule has 430 valence electrons. The van der Waals surface area contributed by atoms with Gasteiger partial charge in [-0.05, 0) is 12.8 Å². The van der Waals surface area contributed by atoms with Gasteiger partial charge in [0.2, 0.25) is 0 Å². The number of aliphatic hydroxyl groups is 5. The summed E-state index contributed by atoms with van der Waals surface area (Å²) < 4.78 is 34.4. The van der Waals surface area contributed by atoms with Crippen molar-refractivity contribution < 1.29 is 58.3 Å². The number of carbonyl (C=O) groups is 1. The lowest BCUT2D eigenvalue weighted by molar-refractivity contribution is -0.220. The van der Waals surface area contributed by atoms with Crippen molar-refractivity contribution in [2.45, 2.75) is 352 Å². The molecule has 0 radical (unpaired) electrons. The summed E-state index contributed by atoms with van der Waals surface area (Å²) in [7, 11) is -5.02. The Morgan fingerprint density at radius 1 is 0.389 bits per heavy atom. The summed E-state index contributed by atoms with van der Waals surface area (Å²) in [5, 5.41) is 50.4. The Morgan fingerprint density at radius 2 is 0.653 bits per heavy atom. The van der Waals surface area contributed by atoms with E-state index in [9.17, 15) is 39.8 Å². The highest BCUT2D eigenvalue weighted by Crippen LogP contribution is 2.47. The first-order valence-electron chi connectivity index (χ1n) is 30.9. The molecular weight excluding hydrogens is 932 g/mol. The van der Waals surface area contributed by atoms with Crippen LogP contribution in [0.1, 0.15) is 309 Å². The van der Waals surface area contributed by atoms with E-state index < -0.39 is 63.1 Å². The molecule has 0 aromatic carbocycles. The number of unbranched alkanes of at least 4 members (excludes halogenated alkanes) is 43. The zero-order valence-corrected chi connectivity index (χ0v) is 47.7. The van der Waals surface area contributed by atoms with E-state index in [1.165, 1.54) is 244 Å². The van der Waals surface area contributed by atoms with Crippen molar-refractivity contribution >= 4 is 13.8 Å². The Morgan fingerprint density at radius 3 is 0.958 bits per heavy atom. The van der Waals surface area contributed by atoms with Gasteiger partial charge in [0.25, 0.3) is 0 Å². The smallest absolute Gasteiger partial charge is 0.457 e. The highest BCUT2D eigenvalue weighted by molar-refractivity contribution is 7.47. The van der Waals surface area contributed by atoms with Crippen LogP contribution in [0.5, 0.6) is 0 Å². The minimum atomic E-state index is -5.02. The Kier molecular flexibility index (Phi) is 48.0. The quantitative estimate of drug-likeness (QED) is 0.0192. The standard InChI is InChI=1S/C59H117O12P/c1-3-5-7-9-11-13-15-17-19-20-21-22-23-24-25-26-27-28-29-30-31-32-33-34-35-36-38-40-42-44-46-48-53(60)70-52(50-68-49-47-45-43-41-39-37-18-16-14-12-10-8-6-4-2)51-69-72(66,67)71-59-57(64)55(62)54(61)56(63)58(59)65/h52,54-59,61-65H,3-51H2,1-2H3,(H,66,67)/t52-,54?,55-,56?,57?,58?,59?/m1/s1. The predicted molar refractivity (Wildman–Crippen MR) is 295 cm³/mol. The third kappa shape index (κ3) is 40.6. The number of carbonyl (C=O) groups excluding carboxylic acids is 1. The minimum absolute atomic E-state index is 0.0673. The van der Waals surface area contributed by atoms with Gasteiger partial charge in [0.15, 0.2) is 0 Å². The van der Waals surface area contributed by atoms with Crippen LogP contribution >= 0.6 is 7.82 Å². The summed E-state index contributed by atoms with van der Waals surface area (Å²) in [6.07, 6.45) is 46.3. The summed E-state index contributed by atoms with van der Waals surface area (Å²) in [5.74, 6) is -0.467. The van der Waals surface area contributed by atoms with Crippen LogP contribution in [0.3, 0.4) is 0 Å². The number of rotatable bonds is 55. The minimum Gasteiger partial charge on any atom is -0.457 e. The van der Waals surface area contributed by atoms with Gasteiger partial charge in [-0.25, -0.2) is 4.57 Å². The largest absolute Gasteiger partial charge is 0.472 e. The molecule has 0 heterocycles. The molecule has 0 aromatic rings. The van der Waals surface area contributed by atoms with Crippen molar-refractivity contribution in [2.75, 3.05) is 19.8 Å². The van der Waals surface area contributed by atoms with Crippen molar-refractivity contribution in [3.05, 3.63) is 0 Å². The van der Waals surface area contributed by atoms with Gasteiger partial charge >= 0.3 is 13.8 Å². The molecule has 12 nitrogen and oxygen atoms in total. The SMILES string of the molecule is CCCCCCCCCCCCCCCCCCCCCCCCCCCCCCCCCC(=O)O[C@H](COCCCCCCCCCCCCCCCC)COP(=O)(O)OC1C(O)C(O)C(O)[C@@H](O)C1O. The molecule has 0 bridgehead atoms. The van der Waals surface area contributed by atoms with E-state index in [0.717, 1.165) is 38.5 Å². The number of aliphatic hydroxyl groups excluding tert-OH is 5. The zero-order valence-electron chi connectivity index (χ0n) is 46.8. The number of ether oxygens (including phenoxy) is 2. The van der Waals surface area contributed by atoms with Crippen LogP contribution in [0, 0.1) is 0 Å². The maximum Gasteiger partial charge on any atom is 0.472 e. The molecule has 1 rings (SSSR count). The number of hydrogen-bond donors (Lipinski definition) is 6. The van der Waals surface area contributed by atoms with E-state index in [4.69, 9.17) is 18.5 Å². The van der Waals surface area contributed by atoms with Crippen LogP contribution in [-0.4, -0.2) is 98.9 Å². The van der Waals surface area contributed by atoms with Gasteiger partial charge in [-0.15, -0.1) is 0 Å². The van der Waals surface area contributed by atoms with E-state index in [2.05, 4.69) is 13.8 Å². The van der Waals surface area contributed by atoms with E-state index in [1.54, 1.807) is 0 Å². The summed E-state index contributed by atoms with van der Waals surface area (Å²) in [5.41, 5.74) is 0. The van der Waals surface area contributed by atoms with Gasteiger partial charge in [0, 0.05) is 13.0 Å². The van der Waals surface area contributed by atoms with Crippen LogP contribution in [0.4, 0.5) is 0 Å². The lowest BCUT2D eigenvalue weighted by Crippen LogP contribution is -2.64. The Balaban J connectivity index is 2.15. The van der Waals surface area contributed by atoms with E-state index in [-0.39, 0.29) is 13.0 Å². The highest BCUT2D eigenvalue weighted by atomic mass is 31.2. The lowest BCUT2D eigenvalue weighted by Gasteiger charge is -2.41. The van der Waals surface area contributed by atoms with Crippen molar-refractivity contribution in [1.29, 1.82) is 0 Å². The van der Waals surface area contributed by atoms with Gasteiger partial charge in [-0.1, -0.05) is 290 Å². The molecule has 0 aliphatic heterocycles. The Labute approximate surface area is 442 Å². The molecule has 1 saturated carbocycles. The summed E-state index contributed by atoms with van der Waals surface area (Å²) in [6, 6.07) is 0. The number of hydrogen-bond acceptors (Lipinski definition) is 11. The lowest BCUT2D eigenvalue weighted by atomic mass is 9.85. The summed E-state index contributed by atoms with van der Waals surface area (Å²) in [6.45, 7) is 4.34. The second-order valence-electron chi connectivity index (χ2n) is 21.9. The second-order valence-corrected chi connectivity index (χ2v) is 23.3.